The minimum atomic E-state index is -0.420. The van der Waals surface area contributed by atoms with E-state index in [4.69, 9.17) is 4.74 Å². The van der Waals surface area contributed by atoms with E-state index in [1.807, 2.05) is 0 Å². The van der Waals surface area contributed by atoms with Crippen molar-refractivity contribution in [3.63, 3.8) is 0 Å². The minimum Gasteiger partial charge on any atom is -0.496 e. The molecule has 0 amide bonds. The van der Waals surface area contributed by atoms with Crippen LogP contribution in [0.5, 0.6) is 5.75 Å². The molecule has 1 aromatic heterocycles. The highest BCUT2D eigenvalue weighted by molar-refractivity contribution is 6.08. The lowest BCUT2D eigenvalue weighted by Crippen LogP contribution is -2.05. The van der Waals surface area contributed by atoms with Crippen molar-refractivity contribution in [3.8, 4) is 5.75 Å². The molecule has 0 saturated carbocycles. The maximum Gasteiger partial charge on any atom is 0.169 e. The van der Waals surface area contributed by atoms with Crippen LogP contribution >= 0.6 is 0 Å². The number of H-pyrrole nitrogens is 1. The first-order chi connectivity index (χ1) is 11.0. The first-order valence-corrected chi connectivity index (χ1v) is 7.12. The lowest BCUT2D eigenvalue weighted by atomic mass is 10.0. The zero-order chi connectivity index (χ0) is 16.6. The quantitative estimate of drug-likeness (QED) is 0.734. The summed E-state index contributed by atoms with van der Waals surface area (Å²) >= 11 is 0. The van der Waals surface area contributed by atoms with Crippen LogP contribution in [0.15, 0.2) is 36.5 Å². The summed E-state index contributed by atoms with van der Waals surface area (Å²) in [6.07, 6.45) is 1.65. The van der Waals surface area contributed by atoms with E-state index in [0.717, 1.165) is 0 Å². The summed E-state index contributed by atoms with van der Waals surface area (Å²) in [6, 6.07) is 7.10. The lowest BCUT2D eigenvalue weighted by Gasteiger charge is -2.08. The number of aromatic amines is 1. The molecule has 5 heteroatoms. The second kappa shape index (κ2) is 5.83. The highest BCUT2D eigenvalue weighted by atomic mass is 19.1. The number of aromatic nitrogens is 1. The van der Waals surface area contributed by atoms with E-state index in [0.29, 0.717) is 33.3 Å². The van der Waals surface area contributed by atoms with E-state index in [2.05, 4.69) is 4.98 Å². The van der Waals surface area contributed by atoms with Gasteiger partial charge in [-0.05, 0) is 30.7 Å². The predicted octanol–water partition coefficient (Wildman–Crippen LogP) is 4.19. The molecule has 0 unspecified atom stereocenters. The molecule has 0 spiro atoms. The number of hydrogen-bond donors (Lipinski definition) is 1. The van der Waals surface area contributed by atoms with Crippen molar-refractivity contribution >= 4 is 16.7 Å². The second-order valence-electron chi connectivity index (χ2n) is 5.41. The van der Waals surface area contributed by atoms with Gasteiger partial charge < -0.3 is 9.72 Å². The van der Waals surface area contributed by atoms with Gasteiger partial charge >= 0.3 is 0 Å². The molecule has 0 aliphatic carbocycles. The first-order valence-electron chi connectivity index (χ1n) is 7.12. The monoisotopic (exact) mass is 315 g/mol. The topological polar surface area (TPSA) is 42.1 Å². The number of carbonyl (C=O) groups is 1. The van der Waals surface area contributed by atoms with Crippen molar-refractivity contribution < 1.29 is 18.3 Å². The van der Waals surface area contributed by atoms with Crippen LogP contribution in [0.3, 0.4) is 0 Å². The molecule has 118 valence electrons. The van der Waals surface area contributed by atoms with Crippen molar-refractivity contribution in [1.29, 1.82) is 0 Å². The number of halogens is 2. The molecule has 0 aliphatic rings. The van der Waals surface area contributed by atoms with E-state index in [9.17, 15) is 13.6 Å². The number of aryl methyl sites for hydroxylation is 1. The molecular formula is C18H15F2NO2. The summed E-state index contributed by atoms with van der Waals surface area (Å²) in [5, 5.41) is 0.676. The number of methoxy groups -OCH3 is 1. The average Bonchev–Trinajstić information content (AvgIpc) is 2.92. The molecule has 0 saturated heterocycles. The molecule has 1 N–H and O–H groups in total. The summed E-state index contributed by atoms with van der Waals surface area (Å²) in [5.74, 6) is -0.553. The summed E-state index contributed by atoms with van der Waals surface area (Å²) in [4.78, 5) is 15.5. The van der Waals surface area contributed by atoms with Crippen LogP contribution in [-0.2, 0) is 6.42 Å². The van der Waals surface area contributed by atoms with Gasteiger partial charge in [0.15, 0.2) is 5.78 Å². The van der Waals surface area contributed by atoms with E-state index in [1.54, 1.807) is 19.2 Å². The van der Waals surface area contributed by atoms with Crippen LogP contribution in [0.4, 0.5) is 8.78 Å². The largest absolute Gasteiger partial charge is 0.496 e. The summed E-state index contributed by atoms with van der Waals surface area (Å²) in [6.45, 7) is 1.65. The predicted molar refractivity (Wildman–Crippen MR) is 84.0 cm³/mol. The summed E-state index contributed by atoms with van der Waals surface area (Å²) in [5.41, 5.74) is 2.13. The van der Waals surface area contributed by atoms with Gasteiger partial charge in [0.25, 0.3) is 0 Å². The Kier molecular flexibility index (Phi) is 3.86. The average molecular weight is 315 g/mol. The third-order valence-electron chi connectivity index (χ3n) is 3.86. The van der Waals surface area contributed by atoms with Crippen LogP contribution in [-0.4, -0.2) is 17.9 Å². The number of rotatable bonds is 4. The third kappa shape index (κ3) is 2.82. The van der Waals surface area contributed by atoms with E-state index in [1.165, 1.54) is 31.4 Å². The Morgan fingerprint density at radius 2 is 2.00 bits per heavy atom. The zero-order valence-corrected chi connectivity index (χ0v) is 12.7. The molecule has 0 radical (unpaired) electrons. The van der Waals surface area contributed by atoms with Gasteiger partial charge in [0.1, 0.15) is 17.4 Å². The number of Topliss-reactive ketones (excluding diaryl/α,β-unsaturated/α-hetero) is 1. The Labute approximate surface area is 131 Å². The van der Waals surface area contributed by atoms with Crippen molar-refractivity contribution in [3.05, 3.63) is 64.9 Å². The highest BCUT2D eigenvalue weighted by Gasteiger charge is 2.16. The van der Waals surface area contributed by atoms with Gasteiger partial charge in [-0.2, -0.15) is 0 Å². The van der Waals surface area contributed by atoms with E-state index in [-0.39, 0.29) is 18.0 Å². The van der Waals surface area contributed by atoms with E-state index >= 15 is 0 Å². The minimum absolute atomic E-state index is 0.0762. The fourth-order valence-electron chi connectivity index (χ4n) is 2.61. The number of hydrogen-bond acceptors (Lipinski definition) is 2. The fourth-order valence-corrected chi connectivity index (χ4v) is 2.61. The maximum atomic E-state index is 13.6. The van der Waals surface area contributed by atoms with Gasteiger partial charge in [-0.1, -0.05) is 6.07 Å². The number of nitrogens with one attached hydrogen (secondary N) is 1. The number of benzene rings is 2. The lowest BCUT2D eigenvalue weighted by molar-refractivity contribution is 0.0993. The summed E-state index contributed by atoms with van der Waals surface area (Å²) in [7, 11) is 1.43. The molecule has 23 heavy (non-hydrogen) atoms. The van der Waals surface area contributed by atoms with Gasteiger partial charge in [0.05, 0.1) is 7.11 Å². The van der Waals surface area contributed by atoms with Crippen molar-refractivity contribution in [2.24, 2.45) is 0 Å². The summed E-state index contributed by atoms with van der Waals surface area (Å²) < 4.78 is 31.9. The molecule has 3 rings (SSSR count). The highest BCUT2D eigenvalue weighted by Crippen LogP contribution is 2.25. The Morgan fingerprint density at radius 1 is 1.22 bits per heavy atom. The second-order valence-corrected chi connectivity index (χ2v) is 5.41. The van der Waals surface area contributed by atoms with Gasteiger partial charge in [0.2, 0.25) is 0 Å². The van der Waals surface area contributed by atoms with E-state index < -0.39 is 5.82 Å². The molecule has 0 bridgehead atoms. The third-order valence-corrected chi connectivity index (χ3v) is 3.86. The van der Waals surface area contributed by atoms with Gasteiger partial charge in [-0.3, -0.25) is 4.79 Å². The molecule has 2 aromatic carbocycles. The van der Waals surface area contributed by atoms with Gasteiger partial charge in [-0.15, -0.1) is 0 Å². The Hall–Kier alpha value is -2.69. The molecule has 1 heterocycles. The Balaban J connectivity index is 1.97. The molecule has 0 atom stereocenters. The smallest absolute Gasteiger partial charge is 0.169 e. The molecule has 3 nitrogen and oxygen atoms in total. The SMILES string of the molecule is COc1cc(F)ccc1CC(=O)c1c[nH]c2cc(F)c(C)cc12. The van der Waals surface area contributed by atoms with Crippen LogP contribution < -0.4 is 4.74 Å². The number of carbonyl (C=O) groups excluding carboxylic acids is 1. The van der Waals surface area contributed by atoms with Crippen LogP contribution in [0, 0.1) is 18.6 Å². The van der Waals surface area contributed by atoms with Crippen LogP contribution in [0.2, 0.25) is 0 Å². The Bertz CT molecular complexity index is 899. The molecule has 3 aromatic rings. The number of fused-ring (bicyclic) bond motifs is 1. The molecule has 0 fully saturated rings. The normalized spacial score (nSPS) is 11.0. The maximum absolute atomic E-state index is 13.6. The fraction of sp³-hybridized carbons (Fsp3) is 0.167. The molecule has 0 aliphatic heterocycles. The first kappa shape index (κ1) is 15.2. The standard InChI is InChI=1S/C18H15F2NO2/c1-10-5-13-14(9-21-16(13)8-15(10)20)17(22)6-11-3-4-12(19)7-18(11)23-2/h3-5,7-9,21H,6H2,1-2H3. The number of ether oxygens (including phenoxy) is 1. The van der Waals surface area contributed by atoms with Crippen LogP contribution in [0.1, 0.15) is 21.5 Å². The van der Waals surface area contributed by atoms with Crippen LogP contribution in [0.25, 0.3) is 10.9 Å². The molecular weight excluding hydrogens is 300 g/mol. The van der Waals surface area contributed by atoms with Crippen molar-refractivity contribution in [1.82, 2.24) is 4.98 Å². The van der Waals surface area contributed by atoms with Crippen molar-refractivity contribution in [2.75, 3.05) is 7.11 Å². The number of ketones is 1. The van der Waals surface area contributed by atoms with Gasteiger partial charge in [-0.25, -0.2) is 8.78 Å². The zero-order valence-electron chi connectivity index (χ0n) is 12.7. The van der Waals surface area contributed by atoms with Gasteiger partial charge in [0, 0.05) is 40.7 Å². The van der Waals surface area contributed by atoms with Crippen molar-refractivity contribution in [2.45, 2.75) is 13.3 Å². The Morgan fingerprint density at radius 3 is 2.74 bits per heavy atom.